The number of phenolic OH excluding ortho intramolecular Hbond substituents is 1. The summed E-state index contributed by atoms with van der Waals surface area (Å²) in [6.07, 6.45) is 3.13. The molecule has 3 heteroatoms. The Morgan fingerprint density at radius 3 is 2.25 bits per heavy atom. The molecule has 2 aromatic rings. The topological polar surface area (TPSA) is 20.2 Å². The third-order valence-corrected chi connectivity index (χ3v) is 3.08. The Morgan fingerprint density at radius 1 is 1.00 bits per heavy atom. The minimum atomic E-state index is -0.979. The lowest BCUT2D eigenvalue weighted by molar-refractivity contribution is 0.435. The first-order valence-corrected chi connectivity index (χ1v) is 6.44. The highest BCUT2D eigenvalue weighted by atomic mass is 19.2. The second-order valence-corrected chi connectivity index (χ2v) is 4.93. The maximum absolute atomic E-state index is 14.0. The molecule has 0 aliphatic rings. The molecule has 1 nitrogen and oxygen atoms in total. The summed E-state index contributed by atoms with van der Waals surface area (Å²) >= 11 is 0. The van der Waals surface area contributed by atoms with Gasteiger partial charge in [0, 0.05) is 11.1 Å². The number of hydrogen-bond donors (Lipinski definition) is 1. The van der Waals surface area contributed by atoms with Gasteiger partial charge in [0.05, 0.1) is 0 Å². The molecule has 0 spiro atoms. The van der Waals surface area contributed by atoms with Gasteiger partial charge in [-0.15, -0.1) is 0 Å². The second kappa shape index (κ2) is 5.87. The van der Waals surface area contributed by atoms with Crippen molar-refractivity contribution in [3.05, 3.63) is 64.7 Å². The van der Waals surface area contributed by atoms with Crippen LogP contribution in [-0.4, -0.2) is 5.11 Å². The number of aromatic hydroxyl groups is 1. The Bertz CT molecular complexity index is 631. The van der Waals surface area contributed by atoms with Gasteiger partial charge in [0.25, 0.3) is 0 Å². The molecule has 104 valence electrons. The van der Waals surface area contributed by atoms with Crippen LogP contribution >= 0.6 is 0 Å². The van der Waals surface area contributed by atoms with Crippen molar-refractivity contribution in [3.8, 4) is 5.75 Å². The van der Waals surface area contributed by atoms with Crippen LogP contribution in [0.25, 0.3) is 12.2 Å². The zero-order chi connectivity index (χ0) is 14.7. The predicted octanol–water partition coefficient (Wildman–Crippen LogP) is 4.96. The van der Waals surface area contributed by atoms with E-state index in [-0.39, 0.29) is 22.8 Å². The molecular weight excluding hydrogens is 258 g/mol. The van der Waals surface area contributed by atoms with E-state index in [0.29, 0.717) is 0 Å². The molecule has 2 rings (SSSR count). The highest BCUT2D eigenvalue weighted by Crippen LogP contribution is 2.32. The fourth-order valence-electron chi connectivity index (χ4n) is 2.07. The SMILES string of the molecule is CC(C)c1c(O)cc(/C=C/c2ccccc2)c(F)c1F. The minimum absolute atomic E-state index is 0.0133. The summed E-state index contributed by atoms with van der Waals surface area (Å²) in [5.41, 5.74) is 0.923. The van der Waals surface area contributed by atoms with Crippen molar-refractivity contribution in [2.45, 2.75) is 19.8 Å². The van der Waals surface area contributed by atoms with Gasteiger partial charge in [-0.3, -0.25) is 0 Å². The van der Waals surface area contributed by atoms with Gasteiger partial charge in [-0.1, -0.05) is 56.3 Å². The average molecular weight is 274 g/mol. The molecular formula is C17H16F2O. The van der Waals surface area contributed by atoms with E-state index < -0.39 is 11.6 Å². The number of benzene rings is 2. The molecule has 0 radical (unpaired) electrons. The van der Waals surface area contributed by atoms with Crippen molar-refractivity contribution in [2.75, 3.05) is 0 Å². The summed E-state index contributed by atoms with van der Waals surface area (Å²) in [6.45, 7) is 3.41. The van der Waals surface area contributed by atoms with Gasteiger partial charge >= 0.3 is 0 Å². The van der Waals surface area contributed by atoms with E-state index in [1.54, 1.807) is 19.9 Å². The summed E-state index contributed by atoms with van der Waals surface area (Å²) in [5.74, 6) is -2.41. The zero-order valence-electron chi connectivity index (χ0n) is 11.4. The largest absolute Gasteiger partial charge is 0.508 e. The van der Waals surface area contributed by atoms with Gasteiger partial charge in [-0.05, 0) is 17.5 Å². The molecule has 0 unspecified atom stereocenters. The van der Waals surface area contributed by atoms with E-state index >= 15 is 0 Å². The minimum Gasteiger partial charge on any atom is -0.508 e. The first kappa shape index (κ1) is 14.3. The Labute approximate surface area is 117 Å². The molecule has 0 aliphatic carbocycles. The van der Waals surface area contributed by atoms with Crippen molar-refractivity contribution in [1.29, 1.82) is 0 Å². The van der Waals surface area contributed by atoms with Gasteiger partial charge in [0.1, 0.15) is 5.75 Å². The van der Waals surface area contributed by atoms with Crippen molar-refractivity contribution in [1.82, 2.24) is 0 Å². The maximum Gasteiger partial charge on any atom is 0.166 e. The lowest BCUT2D eigenvalue weighted by atomic mass is 9.98. The summed E-state index contributed by atoms with van der Waals surface area (Å²) in [7, 11) is 0. The number of rotatable bonds is 3. The van der Waals surface area contributed by atoms with Gasteiger partial charge in [0.2, 0.25) is 0 Å². The van der Waals surface area contributed by atoms with Crippen LogP contribution in [0.15, 0.2) is 36.4 Å². The smallest absolute Gasteiger partial charge is 0.166 e. The molecule has 1 N–H and O–H groups in total. The average Bonchev–Trinajstić information content (AvgIpc) is 2.42. The summed E-state index contributed by atoms with van der Waals surface area (Å²) < 4.78 is 27.9. The summed E-state index contributed by atoms with van der Waals surface area (Å²) in [5, 5.41) is 9.82. The van der Waals surface area contributed by atoms with Gasteiger partial charge in [0.15, 0.2) is 11.6 Å². The highest BCUT2D eigenvalue weighted by Gasteiger charge is 2.19. The lowest BCUT2D eigenvalue weighted by Crippen LogP contribution is -1.99. The third-order valence-electron chi connectivity index (χ3n) is 3.08. The zero-order valence-corrected chi connectivity index (χ0v) is 11.4. The predicted molar refractivity (Wildman–Crippen MR) is 77.5 cm³/mol. The molecule has 2 aromatic carbocycles. The van der Waals surface area contributed by atoms with Crippen molar-refractivity contribution < 1.29 is 13.9 Å². The Hall–Kier alpha value is -2.16. The van der Waals surface area contributed by atoms with E-state index in [1.807, 2.05) is 30.3 Å². The van der Waals surface area contributed by atoms with Crippen molar-refractivity contribution in [3.63, 3.8) is 0 Å². The number of hydrogen-bond acceptors (Lipinski definition) is 1. The molecule has 0 aliphatic heterocycles. The van der Waals surface area contributed by atoms with E-state index in [2.05, 4.69) is 0 Å². The lowest BCUT2D eigenvalue weighted by Gasteiger charge is -2.12. The summed E-state index contributed by atoms with van der Waals surface area (Å²) in [4.78, 5) is 0. The molecule has 0 atom stereocenters. The number of phenols is 1. The van der Waals surface area contributed by atoms with Crippen LogP contribution in [0.5, 0.6) is 5.75 Å². The number of halogens is 2. The van der Waals surface area contributed by atoms with Crippen LogP contribution in [0.4, 0.5) is 8.78 Å². The van der Waals surface area contributed by atoms with Crippen LogP contribution in [0, 0.1) is 11.6 Å². The molecule has 20 heavy (non-hydrogen) atoms. The second-order valence-electron chi connectivity index (χ2n) is 4.93. The molecule has 0 saturated carbocycles. The maximum atomic E-state index is 14.0. The Morgan fingerprint density at radius 2 is 1.65 bits per heavy atom. The Balaban J connectivity index is 2.42. The van der Waals surface area contributed by atoms with E-state index in [9.17, 15) is 13.9 Å². The molecule has 0 heterocycles. The molecule has 0 bridgehead atoms. The van der Waals surface area contributed by atoms with Gasteiger partial charge in [-0.25, -0.2) is 8.78 Å². The Kier molecular flexibility index (Phi) is 4.18. The quantitative estimate of drug-likeness (QED) is 0.784. The van der Waals surface area contributed by atoms with E-state index in [4.69, 9.17) is 0 Å². The standard InChI is InChI=1S/C17H16F2O/c1-11(2)15-14(20)10-13(16(18)17(15)19)9-8-12-6-4-3-5-7-12/h3-11,20H,1-2H3/b9-8+. The van der Waals surface area contributed by atoms with Crippen molar-refractivity contribution >= 4 is 12.2 Å². The van der Waals surface area contributed by atoms with Gasteiger partial charge in [-0.2, -0.15) is 0 Å². The summed E-state index contributed by atoms with van der Waals surface area (Å²) in [6, 6.07) is 10.6. The van der Waals surface area contributed by atoms with Crippen LogP contribution in [0.2, 0.25) is 0 Å². The fourth-order valence-corrected chi connectivity index (χ4v) is 2.07. The van der Waals surface area contributed by atoms with Gasteiger partial charge < -0.3 is 5.11 Å². The molecule has 0 saturated heterocycles. The van der Waals surface area contributed by atoms with Crippen LogP contribution in [0.1, 0.15) is 36.5 Å². The monoisotopic (exact) mass is 274 g/mol. The third kappa shape index (κ3) is 2.87. The molecule has 0 fully saturated rings. The van der Waals surface area contributed by atoms with Crippen LogP contribution in [0.3, 0.4) is 0 Å². The van der Waals surface area contributed by atoms with Crippen LogP contribution in [-0.2, 0) is 0 Å². The first-order chi connectivity index (χ1) is 9.50. The van der Waals surface area contributed by atoms with Crippen molar-refractivity contribution in [2.24, 2.45) is 0 Å². The highest BCUT2D eigenvalue weighted by molar-refractivity contribution is 5.71. The van der Waals surface area contributed by atoms with E-state index in [0.717, 1.165) is 5.56 Å². The molecule has 0 amide bonds. The fraction of sp³-hybridized carbons (Fsp3) is 0.176. The van der Waals surface area contributed by atoms with E-state index in [1.165, 1.54) is 12.1 Å². The molecule has 0 aromatic heterocycles. The first-order valence-electron chi connectivity index (χ1n) is 6.44. The van der Waals surface area contributed by atoms with Crippen LogP contribution < -0.4 is 0 Å². The normalized spacial score (nSPS) is 11.4.